The van der Waals surface area contributed by atoms with Crippen molar-refractivity contribution in [2.24, 2.45) is 0 Å². The maximum Gasteiger partial charge on any atom is 0.344 e. The Bertz CT molecular complexity index is 719. The zero-order valence-electron chi connectivity index (χ0n) is 13.0. The molecule has 2 rings (SSSR count). The summed E-state index contributed by atoms with van der Waals surface area (Å²) in [6.07, 6.45) is 3.37. The molecular weight excluding hydrogens is 339 g/mol. The van der Waals surface area contributed by atoms with E-state index in [1.165, 1.54) is 0 Å². The Morgan fingerprint density at radius 1 is 1.35 bits per heavy atom. The Balaban J connectivity index is 2.62. The summed E-state index contributed by atoms with van der Waals surface area (Å²) in [7, 11) is 3.70. The van der Waals surface area contributed by atoms with Crippen molar-refractivity contribution in [1.29, 1.82) is 0 Å². The number of ether oxygens (including phenoxy) is 1. The molecule has 0 aliphatic heterocycles. The van der Waals surface area contributed by atoms with E-state index in [2.05, 4.69) is 5.16 Å². The number of rotatable bonds is 5. The monoisotopic (exact) mass is 354 g/mol. The zero-order valence-corrected chi connectivity index (χ0v) is 14.5. The summed E-state index contributed by atoms with van der Waals surface area (Å²) in [5, 5.41) is 4.72. The Morgan fingerprint density at radius 2 is 2.00 bits per heavy atom. The van der Waals surface area contributed by atoms with Gasteiger partial charge in [-0.1, -0.05) is 34.4 Å². The van der Waals surface area contributed by atoms with Gasteiger partial charge in [-0.3, -0.25) is 0 Å². The van der Waals surface area contributed by atoms with Crippen LogP contribution in [0.5, 0.6) is 0 Å². The van der Waals surface area contributed by atoms with Gasteiger partial charge in [0.15, 0.2) is 5.76 Å². The number of nitrogens with zero attached hydrogens (tertiary/aromatic N) is 2. The maximum atomic E-state index is 12.3. The van der Waals surface area contributed by atoms with Crippen LogP contribution in [0.1, 0.15) is 23.0 Å². The molecule has 0 saturated heterocycles. The van der Waals surface area contributed by atoms with Crippen LogP contribution in [0.2, 0.25) is 10.0 Å². The molecule has 7 heteroatoms. The van der Waals surface area contributed by atoms with Gasteiger partial charge in [0.25, 0.3) is 0 Å². The summed E-state index contributed by atoms with van der Waals surface area (Å²) in [4.78, 5) is 14.1. The number of hydrogen-bond donors (Lipinski definition) is 0. The molecule has 0 saturated carbocycles. The van der Waals surface area contributed by atoms with E-state index in [1.54, 1.807) is 42.3 Å². The molecule has 2 aromatic rings. The van der Waals surface area contributed by atoms with Gasteiger partial charge in [0.2, 0.25) is 0 Å². The maximum absolute atomic E-state index is 12.3. The Morgan fingerprint density at radius 3 is 2.57 bits per heavy atom. The lowest BCUT2D eigenvalue weighted by Gasteiger charge is -2.06. The third kappa shape index (κ3) is 3.86. The highest BCUT2D eigenvalue weighted by molar-refractivity contribution is 6.39. The van der Waals surface area contributed by atoms with Crippen LogP contribution in [0.15, 0.2) is 28.9 Å². The number of halogens is 2. The van der Waals surface area contributed by atoms with Gasteiger partial charge in [-0.2, -0.15) is 0 Å². The van der Waals surface area contributed by atoms with Crippen LogP contribution in [0, 0.1) is 0 Å². The predicted octanol–water partition coefficient (Wildman–Crippen LogP) is 4.36. The van der Waals surface area contributed by atoms with Crippen molar-refractivity contribution < 1.29 is 14.1 Å². The smallest absolute Gasteiger partial charge is 0.344 e. The zero-order chi connectivity index (χ0) is 17.0. The molecule has 0 fully saturated rings. The molecule has 0 radical (unpaired) electrons. The van der Waals surface area contributed by atoms with Crippen molar-refractivity contribution in [1.82, 2.24) is 10.1 Å². The number of benzene rings is 1. The lowest BCUT2D eigenvalue weighted by atomic mass is 10.1. The molecule has 0 bridgehead atoms. The molecule has 0 N–H and O–H groups in total. The summed E-state index contributed by atoms with van der Waals surface area (Å²) in [5.41, 5.74) is 0.893. The van der Waals surface area contributed by atoms with Crippen molar-refractivity contribution >= 4 is 35.2 Å². The van der Waals surface area contributed by atoms with Crippen molar-refractivity contribution in [3.05, 3.63) is 45.8 Å². The quantitative estimate of drug-likeness (QED) is 0.746. The summed E-state index contributed by atoms with van der Waals surface area (Å²) < 4.78 is 10.4. The van der Waals surface area contributed by atoms with Gasteiger partial charge < -0.3 is 14.2 Å². The van der Waals surface area contributed by atoms with Crippen LogP contribution in [0.4, 0.5) is 0 Å². The first-order chi connectivity index (χ1) is 11.0. The molecule has 5 nitrogen and oxygen atoms in total. The van der Waals surface area contributed by atoms with Crippen molar-refractivity contribution in [3.8, 4) is 11.3 Å². The van der Waals surface area contributed by atoms with Crippen LogP contribution in [-0.2, 0) is 4.74 Å². The normalized spacial score (nSPS) is 11.0. The third-order valence-electron chi connectivity index (χ3n) is 2.92. The van der Waals surface area contributed by atoms with Gasteiger partial charge in [0.05, 0.1) is 16.7 Å². The first-order valence-corrected chi connectivity index (χ1v) is 7.67. The fraction of sp³-hybridized carbons (Fsp3) is 0.250. The summed E-state index contributed by atoms with van der Waals surface area (Å²) in [5.74, 6) is -0.263. The fourth-order valence-electron chi connectivity index (χ4n) is 1.93. The molecule has 0 atom stereocenters. The summed E-state index contributed by atoms with van der Waals surface area (Å²) in [6.45, 7) is 1.96. The number of carbonyl (C=O) groups is 1. The van der Waals surface area contributed by atoms with Gasteiger partial charge in [-0.05, 0) is 19.1 Å². The largest absolute Gasteiger partial charge is 0.462 e. The molecular formula is C16H16Cl2N2O3. The minimum Gasteiger partial charge on any atom is -0.462 e. The highest BCUT2D eigenvalue weighted by Gasteiger charge is 2.26. The second-order valence-corrected chi connectivity index (χ2v) is 5.68. The molecule has 1 heterocycles. The third-order valence-corrected chi connectivity index (χ3v) is 3.55. The summed E-state index contributed by atoms with van der Waals surface area (Å²) >= 11 is 12.4. The SMILES string of the molecule is CCOC(=O)c1c(-c2c(Cl)cccc2Cl)noc1/C=C/N(C)C. The molecule has 1 aromatic carbocycles. The van der Waals surface area contributed by atoms with Gasteiger partial charge in [0.1, 0.15) is 11.3 Å². The molecule has 23 heavy (non-hydrogen) atoms. The minimum absolute atomic E-state index is 0.194. The van der Waals surface area contributed by atoms with Gasteiger partial charge >= 0.3 is 5.97 Å². The number of carbonyl (C=O) groups excluding carboxylic acids is 1. The molecule has 0 amide bonds. The topological polar surface area (TPSA) is 55.6 Å². The van der Waals surface area contributed by atoms with E-state index < -0.39 is 5.97 Å². The van der Waals surface area contributed by atoms with E-state index in [4.69, 9.17) is 32.5 Å². The van der Waals surface area contributed by atoms with E-state index in [0.29, 0.717) is 15.6 Å². The lowest BCUT2D eigenvalue weighted by molar-refractivity contribution is 0.0526. The average Bonchev–Trinajstić information content (AvgIpc) is 2.89. The first-order valence-electron chi connectivity index (χ1n) is 6.91. The Hall–Kier alpha value is -1.98. The van der Waals surface area contributed by atoms with E-state index in [-0.39, 0.29) is 23.6 Å². The Labute approximate surface area is 144 Å². The van der Waals surface area contributed by atoms with Crippen LogP contribution in [0.3, 0.4) is 0 Å². The number of hydrogen-bond acceptors (Lipinski definition) is 5. The molecule has 122 valence electrons. The standard InChI is InChI=1S/C16H16Cl2N2O3/c1-4-22-16(21)14-12(8-9-20(2)3)23-19-15(14)13-10(17)6-5-7-11(13)18/h5-9H,4H2,1-3H3/b9-8+. The van der Waals surface area contributed by atoms with Gasteiger partial charge in [0, 0.05) is 31.9 Å². The molecule has 0 unspecified atom stereocenters. The highest BCUT2D eigenvalue weighted by atomic mass is 35.5. The van der Waals surface area contributed by atoms with Crippen molar-refractivity contribution in [2.75, 3.05) is 20.7 Å². The highest BCUT2D eigenvalue weighted by Crippen LogP contribution is 2.37. The summed E-state index contributed by atoms with van der Waals surface area (Å²) in [6, 6.07) is 5.05. The van der Waals surface area contributed by atoms with Crippen LogP contribution < -0.4 is 0 Å². The lowest BCUT2D eigenvalue weighted by Crippen LogP contribution is -2.07. The number of esters is 1. The van der Waals surface area contributed by atoms with Crippen LogP contribution in [0.25, 0.3) is 17.3 Å². The number of aromatic nitrogens is 1. The molecule has 0 aliphatic carbocycles. The van der Waals surface area contributed by atoms with E-state index >= 15 is 0 Å². The van der Waals surface area contributed by atoms with E-state index in [9.17, 15) is 4.79 Å². The molecule has 0 aliphatic rings. The van der Waals surface area contributed by atoms with Gasteiger partial charge in [-0.15, -0.1) is 0 Å². The second kappa shape index (κ2) is 7.53. The average molecular weight is 355 g/mol. The second-order valence-electron chi connectivity index (χ2n) is 4.87. The molecule has 1 aromatic heterocycles. The van der Waals surface area contributed by atoms with Gasteiger partial charge in [-0.25, -0.2) is 4.79 Å². The van der Waals surface area contributed by atoms with E-state index in [0.717, 1.165) is 0 Å². The van der Waals surface area contributed by atoms with Crippen LogP contribution >= 0.6 is 23.2 Å². The molecule has 0 spiro atoms. The first kappa shape index (κ1) is 17.4. The predicted molar refractivity (Wildman–Crippen MR) is 90.6 cm³/mol. The van der Waals surface area contributed by atoms with Crippen molar-refractivity contribution in [2.45, 2.75) is 6.92 Å². The fourth-order valence-corrected chi connectivity index (χ4v) is 2.50. The van der Waals surface area contributed by atoms with E-state index in [1.807, 2.05) is 14.1 Å². The van der Waals surface area contributed by atoms with Crippen molar-refractivity contribution in [3.63, 3.8) is 0 Å². The minimum atomic E-state index is -0.543. The Kier molecular flexibility index (Phi) is 5.69. The van der Waals surface area contributed by atoms with Crippen LogP contribution in [-0.4, -0.2) is 36.7 Å².